The Morgan fingerprint density at radius 3 is 2.54 bits per heavy atom. The standard InChI is InChI=1S/C20H22FN3O2/c1-13-5-3-6-17(14(13)2)23-19(25)18-7-4-12-24(18)20(26)22-16-10-8-15(21)9-11-16/h3,5-6,8-11,18H,4,7,12H2,1-2H3,(H,22,26)(H,23,25)/t18-/m1/s1. The molecule has 1 saturated heterocycles. The van der Waals surface area contributed by atoms with E-state index in [1.807, 2.05) is 32.0 Å². The molecule has 1 aliphatic heterocycles. The van der Waals surface area contributed by atoms with Gasteiger partial charge in [-0.05, 0) is 68.1 Å². The molecular formula is C20H22FN3O2. The van der Waals surface area contributed by atoms with Crippen molar-refractivity contribution in [3.8, 4) is 0 Å². The van der Waals surface area contributed by atoms with E-state index in [1.165, 1.54) is 29.2 Å². The van der Waals surface area contributed by atoms with Crippen LogP contribution >= 0.6 is 0 Å². The molecule has 1 fully saturated rings. The van der Waals surface area contributed by atoms with Gasteiger partial charge >= 0.3 is 6.03 Å². The number of benzene rings is 2. The molecule has 0 unspecified atom stereocenters. The van der Waals surface area contributed by atoms with Gasteiger partial charge in [-0.2, -0.15) is 0 Å². The zero-order valence-corrected chi connectivity index (χ0v) is 14.9. The highest BCUT2D eigenvalue weighted by Gasteiger charge is 2.34. The summed E-state index contributed by atoms with van der Waals surface area (Å²) in [6.07, 6.45) is 1.38. The summed E-state index contributed by atoms with van der Waals surface area (Å²) in [4.78, 5) is 26.8. The van der Waals surface area contributed by atoms with Crippen molar-refractivity contribution >= 4 is 23.3 Å². The van der Waals surface area contributed by atoms with Gasteiger partial charge in [0.25, 0.3) is 0 Å². The largest absolute Gasteiger partial charge is 0.324 e. The van der Waals surface area contributed by atoms with Gasteiger partial charge in [0, 0.05) is 17.9 Å². The second-order valence-electron chi connectivity index (χ2n) is 6.53. The zero-order valence-electron chi connectivity index (χ0n) is 14.9. The van der Waals surface area contributed by atoms with E-state index in [-0.39, 0.29) is 17.8 Å². The SMILES string of the molecule is Cc1cccc(NC(=O)[C@H]2CCCN2C(=O)Nc2ccc(F)cc2)c1C. The number of hydrogen-bond acceptors (Lipinski definition) is 2. The number of urea groups is 1. The Bertz CT molecular complexity index is 820. The first-order valence-electron chi connectivity index (χ1n) is 8.66. The van der Waals surface area contributed by atoms with Gasteiger partial charge in [0.15, 0.2) is 0 Å². The van der Waals surface area contributed by atoms with Crippen LogP contribution in [0.2, 0.25) is 0 Å². The van der Waals surface area contributed by atoms with Crippen molar-refractivity contribution in [2.45, 2.75) is 32.7 Å². The number of nitrogens with one attached hydrogen (secondary N) is 2. The minimum atomic E-state index is -0.518. The molecule has 0 saturated carbocycles. The summed E-state index contributed by atoms with van der Waals surface area (Å²) in [5, 5.41) is 5.66. The Kier molecular flexibility index (Phi) is 5.21. The first kappa shape index (κ1) is 17.9. The molecule has 3 rings (SSSR count). The van der Waals surface area contributed by atoms with Crippen LogP contribution in [0, 0.1) is 19.7 Å². The first-order chi connectivity index (χ1) is 12.5. The summed E-state index contributed by atoms with van der Waals surface area (Å²) in [7, 11) is 0. The topological polar surface area (TPSA) is 61.4 Å². The van der Waals surface area contributed by atoms with E-state index in [4.69, 9.17) is 0 Å². The molecule has 0 aliphatic carbocycles. The van der Waals surface area contributed by atoms with Crippen molar-refractivity contribution in [3.05, 3.63) is 59.4 Å². The van der Waals surface area contributed by atoms with Gasteiger partial charge in [-0.1, -0.05) is 12.1 Å². The summed E-state index contributed by atoms with van der Waals surface area (Å²) in [6, 6.07) is 10.4. The van der Waals surface area contributed by atoms with Crippen molar-refractivity contribution in [1.82, 2.24) is 4.90 Å². The summed E-state index contributed by atoms with van der Waals surface area (Å²) in [6.45, 7) is 4.46. The quantitative estimate of drug-likeness (QED) is 0.871. The molecule has 0 aromatic heterocycles. The minimum absolute atomic E-state index is 0.189. The number of carbonyl (C=O) groups excluding carboxylic acids is 2. The van der Waals surface area contributed by atoms with Crippen molar-refractivity contribution in [1.29, 1.82) is 0 Å². The molecule has 1 atom stereocenters. The van der Waals surface area contributed by atoms with Crippen LogP contribution in [0.1, 0.15) is 24.0 Å². The summed E-state index contributed by atoms with van der Waals surface area (Å²) >= 11 is 0. The normalized spacial score (nSPS) is 16.4. The van der Waals surface area contributed by atoms with Crippen LogP contribution < -0.4 is 10.6 Å². The number of amides is 3. The second kappa shape index (κ2) is 7.56. The average molecular weight is 355 g/mol. The lowest BCUT2D eigenvalue weighted by atomic mass is 10.1. The maximum atomic E-state index is 13.0. The number of anilines is 2. The maximum Gasteiger partial charge on any atom is 0.322 e. The molecule has 2 aromatic rings. The molecule has 3 amide bonds. The third-order valence-electron chi connectivity index (χ3n) is 4.77. The lowest BCUT2D eigenvalue weighted by Gasteiger charge is -2.24. The van der Waals surface area contributed by atoms with Gasteiger partial charge in [0.05, 0.1) is 0 Å². The molecular weight excluding hydrogens is 333 g/mol. The lowest BCUT2D eigenvalue weighted by molar-refractivity contribution is -0.119. The molecule has 1 heterocycles. The van der Waals surface area contributed by atoms with Gasteiger partial charge < -0.3 is 15.5 Å². The number of aryl methyl sites for hydroxylation is 1. The fraction of sp³-hybridized carbons (Fsp3) is 0.300. The average Bonchev–Trinajstić information content (AvgIpc) is 3.11. The Hall–Kier alpha value is -2.89. The van der Waals surface area contributed by atoms with Gasteiger partial charge in [-0.3, -0.25) is 4.79 Å². The van der Waals surface area contributed by atoms with E-state index in [9.17, 15) is 14.0 Å². The number of rotatable bonds is 3. The van der Waals surface area contributed by atoms with Gasteiger partial charge in [0.2, 0.25) is 5.91 Å². The van der Waals surface area contributed by atoms with Gasteiger partial charge in [-0.25, -0.2) is 9.18 Å². The van der Waals surface area contributed by atoms with Crippen LogP contribution in [0.25, 0.3) is 0 Å². The number of halogens is 1. The number of hydrogen-bond donors (Lipinski definition) is 2. The summed E-state index contributed by atoms with van der Waals surface area (Å²) in [5.41, 5.74) is 3.37. The fourth-order valence-corrected chi connectivity index (χ4v) is 3.11. The van der Waals surface area contributed by atoms with Crippen LogP contribution in [-0.2, 0) is 4.79 Å². The first-order valence-corrected chi connectivity index (χ1v) is 8.66. The fourth-order valence-electron chi connectivity index (χ4n) is 3.11. The van der Waals surface area contributed by atoms with Crippen molar-refractivity contribution in [2.75, 3.05) is 17.2 Å². The Balaban J connectivity index is 1.68. The second-order valence-corrected chi connectivity index (χ2v) is 6.53. The van der Waals surface area contributed by atoms with E-state index < -0.39 is 6.04 Å². The predicted octanol–water partition coefficient (Wildman–Crippen LogP) is 4.08. The van der Waals surface area contributed by atoms with Crippen LogP contribution in [0.3, 0.4) is 0 Å². The van der Waals surface area contributed by atoms with Gasteiger partial charge in [0.1, 0.15) is 11.9 Å². The molecule has 2 N–H and O–H groups in total. The highest BCUT2D eigenvalue weighted by atomic mass is 19.1. The molecule has 26 heavy (non-hydrogen) atoms. The van der Waals surface area contributed by atoms with Crippen LogP contribution in [0.5, 0.6) is 0 Å². The van der Waals surface area contributed by atoms with E-state index >= 15 is 0 Å². The molecule has 2 aromatic carbocycles. The monoisotopic (exact) mass is 355 g/mol. The number of likely N-dealkylation sites (tertiary alicyclic amines) is 1. The molecule has 1 aliphatic rings. The molecule has 0 radical (unpaired) electrons. The van der Waals surface area contributed by atoms with Crippen molar-refractivity contribution in [3.63, 3.8) is 0 Å². The minimum Gasteiger partial charge on any atom is -0.324 e. The van der Waals surface area contributed by atoms with Crippen molar-refractivity contribution in [2.24, 2.45) is 0 Å². The van der Waals surface area contributed by atoms with E-state index in [0.29, 0.717) is 18.7 Å². The maximum absolute atomic E-state index is 13.0. The molecule has 6 heteroatoms. The van der Waals surface area contributed by atoms with Crippen LogP contribution in [0.4, 0.5) is 20.6 Å². The Morgan fingerprint density at radius 1 is 1.08 bits per heavy atom. The lowest BCUT2D eigenvalue weighted by Crippen LogP contribution is -2.45. The Morgan fingerprint density at radius 2 is 1.81 bits per heavy atom. The summed E-state index contributed by atoms with van der Waals surface area (Å²) in [5.74, 6) is -0.555. The van der Waals surface area contributed by atoms with Crippen molar-refractivity contribution < 1.29 is 14.0 Å². The van der Waals surface area contributed by atoms with E-state index in [1.54, 1.807) is 0 Å². The molecule has 0 spiro atoms. The predicted molar refractivity (Wildman–Crippen MR) is 99.7 cm³/mol. The van der Waals surface area contributed by atoms with Crippen LogP contribution in [0.15, 0.2) is 42.5 Å². The summed E-state index contributed by atoms with van der Waals surface area (Å²) < 4.78 is 13.0. The third-order valence-corrected chi connectivity index (χ3v) is 4.77. The number of carbonyl (C=O) groups is 2. The third kappa shape index (κ3) is 3.85. The smallest absolute Gasteiger partial charge is 0.322 e. The molecule has 0 bridgehead atoms. The number of nitrogens with zero attached hydrogens (tertiary/aromatic N) is 1. The highest BCUT2D eigenvalue weighted by Crippen LogP contribution is 2.23. The van der Waals surface area contributed by atoms with Crippen LogP contribution in [-0.4, -0.2) is 29.4 Å². The zero-order chi connectivity index (χ0) is 18.7. The highest BCUT2D eigenvalue weighted by molar-refractivity contribution is 6.00. The molecule has 136 valence electrons. The van der Waals surface area contributed by atoms with E-state index in [0.717, 1.165) is 23.2 Å². The van der Waals surface area contributed by atoms with Gasteiger partial charge in [-0.15, -0.1) is 0 Å². The molecule has 5 nitrogen and oxygen atoms in total. The Labute approximate surface area is 152 Å². The van der Waals surface area contributed by atoms with E-state index in [2.05, 4.69) is 10.6 Å².